The molecule has 2 saturated carbocycles. The van der Waals surface area contributed by atoms with Crippen molar-refractivity contribution in [3.63, 3.8) is 0 Å². The van der Waals surface area contributed by atoms with Crippen LogP contribution in [0.1, 0.15) is 117 Å². The molecule has 2 aromatic carbocycles. The lowest BCUT2D eigenvalue weighted by molar-refractivity contribution is -0.164. The number of halogens is 3. The fraction of sp³-hybridized carbons (Fsp3) is 0.560. The van der Waals surface area contributed by atoms with E-state index in [1.807, 2.05) is 11.0 Å². The lowest BCUT2D eigenvalue weighted by atomic mass is 9.49. The maximum absolute atomic E-state index is 13.8. The number of fused-ring (bicyclic) bond motifs is 2. The molecule has 4 fully saturated rings. The molecule has 2 amide bonds. The van der Waals surface area contributed by atoms with Gasteiger partial charge in [-0.15, -0.1) is 0 Å². The Labute approximate surface area is 390 Å². The standard InChI is InChI=1S/C50H59ClF2N10O3/c1-30(64)61-18-14-40-38(27-61)43(62-15-6-7-32-8-9-33(42(52)53)19-41(32)62)58-63(40)36-21-50(22-36)28-59(29-50)26-31-12-16-60(17-13-31)47-55-24-35(25-56-47)44(65)57-45-48(2,3)46(49(45,4)5)66-37-11-10-34(23-54)39(51)20-37/h8-11,19-20,24-25,31,36,42,45-46H,6-7,12-18,21-22,26-29H2,1-5H3,(H,57,65). The first-order chi connectivity index (χ1) is 31.5. The Morgan fingerprint density at radius 2 is 1.71 bits per heavy atom. The number of aryl methyl sites for hydroxylation is 1. The summed E-state index contributed by atoms with van der Waals surface area (Å²) in [4.78, 5) is 44.2. The molecule has 1 N–H and O–H groups in total. The number of rotatable bonds is 10. The van der Waals surface area contributed by atoms with Crippen molar-refractivity contribution < 1.29 is 23.1 Å². The summed E-state index contributed by atoms with van der Waals surface area (Å²) >= 11 is 6.27. The van der Waals surface area contributed by atoms with Crippen LogP contribution in [0.15, 0.2) is 48.8 Å². The summed E-state index contributed by atoms with van der Waals surface area (Å²) in [5, 5.41) is 18.1. The molecule has 6 aliphatic rings. The van der Waals surface area contributed by atoms with Gasteiger partial charge in [-0.1, -0.05) is 51.4 Å². The minimum Gasteiger partial charge on any atom is -0.489 e. The molecule has 13 nitrogen and oxygen atoms in total. The molecule has 2 aliphatic carbocycles. The topological polar surface area (TPSA) is 136 Å². The van der Waals surface area contributed by atoms with Crippen LogP contribution in [0, 0.1) is 33.5 Å². The summed E-state index contributed by atoms with van der Waals surface area (Å²) in [6.45, 7) is 16.8. The molecule has 348 valence electrons. The maximum Gasteiger partial charge on any atom is 0.263 e. The predicted molar refractivity (Wildman–Crippen MR) is 247 cm³/mol. The molecule has 6 heterocycles. The number of anilines is 3. The Kier molecular flexibility index (Phi) is 11.3. The van der Waals surface area contributed by atoms with Crippen molar-refractivity contribution in [1.82, 2.24) is 34.9 Å². The van der Waals surface area contributed by atoms with Crippen molar-refractivity contribution in [3.8, 4) is 11.8 Å². The summed E-state index contributed by atoms with van der Waals surface area (Å²) in [5.74, 6) is 2.47. The normalized spacial score (nSPS) is 23.3. The number of aromatic nitrogens is 4. The third-order valence-electron chi connectivity index (χ3n) is 15.8. The number of nitriles is 1. The van der Waals surface area contributed by atoms with Gasteiger partial charge in [-0.25, -0.2) is 18.7 Å². The monoisotopic (exact) mass is 920 g/mol. The molecule has 10 rings (SSSR count). The van der Waals surface area contributed by atoms with Gasteiger partial charge in [-0.05, 0) is 73.6 Å². The van der Waals surface area contributed by atoms with E-state index in [4.69, 9.17) is 21.4 Å². The third-order valence-corrected chi connectivity index (χ3v) is 16.1. The molecule has 0 unspecified atom stereocenters. The molecule has 66 heavy (non-hydrogen) atoms. The van der Waals surface area contributed by atoms with Gasteiger partial charge in [-0.3, -0.25) is 14.3 Å². The summed E-state index contributed by atoms with van der Waals surface area (Å²) in [6, 6.07) is 12.3. The molecule has 2 saturated heterocycles. The van der Waals surface area contributed by atoms with Gasteiger partial charge in [0.05, 0.1) is 28.7 Å². The molecule has 4 aliphatic heterocycles. The zero-order valence-electron chi connectivity index (χ0n) is 38.5. The van der Waals surface area contributed by atoms with E-state index < -0.39 is 6.43 Å². The highest BCUT2D eigenvalue weighted by molar-refractivity contribution is 6.31. The maximum atomic E-state index is 13.8. The Hall–Kier alpha value is -5.33. The minimum absolute atomic E-state index is 0.0253. The number of piperidine rings is 1. The fourth-order valence-electron chi connectivity index (χ4n) is 12.7. The van der Waals surface area contributed by atoms with Crippen LogP contribution < -0.4 is 19.9 Å². The van der Waals surface area contributed by atoms with Crippen LogP contribution in [0.25, 0.3) is 0 Å². The number of alkyl halides is 2. The molecule has 0 radical (unpaired) electrons. The van der Waals surface area contributed by atoms with Crippen molar-refractivity contribution in [2.75, 3.05) is 55.6 Å². The van der Waals surface area contributed by atoms with E-state index in [9.17, 15) is 23.6 Å². The molecule has 2 aromatic heterocycles. The molecular weight excluding hydrogens is 862 g/mol. The zero-order valence-corrected chi connectivity index (χ0v) is 39.3. The lowest BCUT2D eigenvalue weighted by Crippen LogP contribution is -2.74. The van der Waals surface area contributed by atoms with E-state index >= 15 is 0 Å². The van der Waals surface area contributed by atoms with Gasteiger partial charge >= 0.3 is 0 Å². The fourth-order valence-corrected chi connectivity index (χ4v) is 12.9. The molecule has 0 bridgehead atoms. The zero-order chi connectivity index (χ0) is 46.3. The lowest BCUT2D eigenvalue weighted by Gasteiger charge is -2.63. The van der Waals surface area contributed by atoms with Gasteiger partial charge in [0.1, 0.15) is 17.9 Å². The third kappa shape index (κ3) is 7.85. The number of amides is 2. The van der Waals surface area contributed by atoms with Gasteiger partial charge in [0.2, 0.25) is 11.9 Å². The van der Waals surface area contributed by atoms with Gasteiger partial charge in [0.25, 0.3) is 12.3 Å². The number of hydrogen-bond donors (Lipinski definition) is 1. The smallest absolute Gasteiger partial charge is 0.263 e. The van der Waals surface area contributed by atoms with Crippen molar-refractivity contribution in [2.24, 2.45) is 22.2 Å². The first kappa shape index (κ1) is 44.5. The van der Waals surface area contributed by atoms with Crippen LogP contribution in [0.2, 0.25) is 5.02 Å². The van der Waals surface area contributed by atoms with Gasteiger partial charge in [0.15, 0.2) is 5.82 Å². The van der Waals surface area contributed by atoms with Crippen molar-refractivity contribution in [1.29, 1.82) is 5.26 Å². The second-order valence-electron chi connectivity index (χ2n) is 21.1. The van der Waals surface area contributed by atoms with Gasteiger partial charge in [0, 0.05) is 117 Å². The first-order valence-electron chi connectivity index (χ1n) is 23.5. The summed E-state index contributed by atoms with van der Waals surface area (Å²) in [7, 11) is 0. The molecule has 1 spiro atoms. The van der Waals surface area contributed by atoms with Crippen molar-refractivity contribution in [3.05, 3.63) is 87.3 Å². The SMILES string of the molecule is CC(=O)N1CCc2c(c(N3CCCc4ccc(C(F)F)cc43)nn2C2CC3(C2)CN(CC2CCN(c4ncc(C(=O)NC5C(C)(C)C(Oc6ccc(C#N)c(Cl)c6)C5(C)C)cn4)CC2)C3)C1. The Morgan fingerprint density at radius 1 is 0.985 bits per heavy atom. The minimum atomic E-state index is -2.54. The van der Waals surface area contributed by atoms with Crippen LogP contribution >= 0.6 is 11.6 Å². The number of nitrogens with zero attached hydrogens (tertiary/aromatic N) is 9. The van der Waals surface area contributed by atoms with Crippen LogP contribution in [-0.4, -0.2) is 99.3 Å². The molecule has 16 heteroatoms. The molecular formula is C50H59ClF2N10O3. The number of carbonyl (C=O) groups is 2. The molecule has 4 aromatic rings. The summed E-state index contributed by atoms with van der Waals surface area (Å²) in [5.41, 5.74) is 4.51. The second-order valence-corrected chi connectivity index (χ2v) is 21.5. The second kappa shape index (κ2) is 16.8. The molecule has 0 atom stereocenters. The Morgan fingerprint density at radius 3 is 2.38 bits per heavy atom. The van der Waals surface area contributed by atoms with E-state index in [1.54, 1.807) is 49.6 Å². The van der Waals surface area contributed by atoms with E-state index in [0.29, 0.717) is 64.9 Å². The van der Waals surface area contributed by atoms with Gasteiger partial charge < -0.3 is 29.7 Å². The Balaban J connectivity index is 0.708. The van der Waals surface area contributed by atoms with E-state index in [1.165, 1.54) is 5.69 Å². The first-order valence-corrected chi connectivity index (χ1v) is 23.9. The number of ether oxygens (including phenoxy) is 1. The number of likely N-dealkylation sites (tertiary alicyclic amines) is 1. The van der Waals surface area contributed by atoms with Crippen LogP contribution in [-0.2, 0) is 24.2 Å². The van der Waals surface area contributed by atoms with Gasteiger partial charge in [-0.2, -0.15) is 10.4 Å². The van der Waals surface area contributed by atoms with E-state index in [2.05, 4.69) is 68.4 Å². The highest BCUT2D eigenvalue weighted by Crippen LogP contribution is 2.57. The van der Waals surface area contributed by atoms with Crippen LogP contribution in [0.5, 0.6) is 5.75 Å². The predicted octanol–water partition coefficient (Wildman–Crippen LogP) is 8.29. The number of hydrogen-bond acceptors (Lipinski definition) is 10. The van der Waals surface area contributed by atoms with Crippen LogP contribution in [0.4, 0.5) is 26.2 Å². The van der Waals surface area contributed by atoms with E-state index in [-0.39, 0.29) is 40.4 Å². The highest BCUT2D eigenvalue weighted by Gasteiger charge is 2.64. The number of benzene rings is 2. The quantitative estimate of drug-likeness (QED) is 0.166. The van der Waals surface area contributed by atoms with Crippen molar-refractivity contribution in [2.45, 2.75) is 111 Å². The average molecular weight is 922 g/mol. The number of carbonyl (C=O) groups excluding carboxylic acids is 2. The Bertz CT molecular complexity index is 2560. The largest absolute Gasteiger partial charge is 0.489 e. The number of nitrogens with one attached hydrogen (secondary N) is 1. The van der Waals surface area contributed by atoms with Crippen LogP contribution in [0.3, 0.4) is 0 Å². The van der Waals surface area contributed by atoms with E-state index in [0.717, 1.165) is 100 Å². The average Bonchev–Trinajstić information content (AvgIpc) is 3.65. The highest BCUT2D eigenvalue weighted by atomic mass is 35.5. The summed E-state index contributed by atoms with van der Waals surface area (Å²) in [6.07, 6.45) is 7.27. The summed E-state index contributed by atoms with van der Waals surface area (Å²) < 4.78 is 36.3. The van der Waals surface area contributed by atoms with Crippen molar-refractivity contribution >= 4 is 40.9 Å².